The molecular weight excluding hydrogens is 444 g/mol. The third-order valence-corrected chi connectivity index (χ3v) is 6.28. The molecule has 172 valence electrons. The molecule has 3 aromatic rings. The first-order valence-electron chi connectivity index (χ1n) is 10.6. The molecule has 0 saturated carbocycles. The van der Waals surface area contributed by atoms with Crippen molar-refractivity contribution in [2.45, 2.75) is 19.3 Å². The zero-order chi connectivity index (χ0) is 23.6. The molecule has 4 rings (SSSR count). The molecular formula is C23H25ClN6O3. The van der Waals surface area contributed by atoms with Crippen molar-refractivity contribution in [3.05, 3.63) is 64.9 Å². The van der Waals surface area contributed by atoms with E-state index in [1.54, 1.807) is 17.0 Å². The van der Waals surface area contributed by atoms with E-state index in [4.69, 9.17) is 16.3 Å². The lowest BCUT2D eigenvalue weighted by atomic mass is 9.83. The number of carbonyl (C=O) groups is 2. The zero-order valence-electron chi connectivity index (χ0n) is 18.7. The maximum Gasteiger partial charge on any atom is 0.257 e. The van der Waals surface area contributed by atoms with Crippen LogP contribution >= 0.6 is 11.6 Å². The van der Waals surface area contributed by atoms with Gasteiger partial charge in [-0.3, -0.25) is 9.59 Å². The lowest BCUT2D eigenvalue weighted by Crippen LogP contribution is -2.54. The minimum atomic E-state index is -0.643. The highest BCUT2D eigenvalue weighted by molar-refractivity contribution is 6.33. The highest BCUT2D eigenvalue weighted by Crippen LogP contribution is 2.31. The van der Waals surface area contributed by atoms with Crippen LogP contribution in [0.15, 0.2) is 48.8 Å². The van der Waals surface area contributed by atoms with Gasteiger partial charge in [0.05, 0.1) is 28.8 Å². The molecule has 0 spiro atoms. The Morgan fingerprint density at radius 2 is 1.70 bits per heavy atom. The second kappa shape index (κ2) is 9.19. The first kappa shape index (κ1) is 22.7. The molecule has 0 radical (unpaired) electrons. The minimum Gasteiger partial charge on any atom is -0.496 e. The average Bonchev–Trinajstić information content (AvgIpc) is 3.38. The van der Waals surface area contributed by atoms with E-state index in [1.165, 1.54) is 18.1 Å². The number of benzene rings is 2. The number of carbonyl (C=O) groups excluding carboxylic acids is 2. The molecule has 10 heteroatoms. The van der Waals surface area contributed by atoms with Gasteiger partial charge >= 0.3 is 0 Å². The molecule has 0 N–H and O–H groups in total. The van der Waals surface area contributed by atoms with Gasteiger partial charge in [0, 0.05) is 32.2 Å². The van der Waals surface area contributed by atoms with E-state index in [2.05, 4.69) is 15.5 Å². The Labute approximate surface area is 196 Å². The number of nitrogens with zero attached hydrogens (tertiary/aromatic N) is 6. The number of hydrogen-bond acceptors (Lipinski definition) is 6. The first-order valence-corrected chi connectivity index (χ1v) is 11.0. The van der Waals surface area contributed by atoms with Gasteiger partial charge < -0.3 is 14.5 Å². The van der Waals surface area contributed by atoms with Crippen LogP contribution in [0.4, 0.5) is 0 Å². The zero-order valence-corrected chi connectivity index (χ0v) is 19.5. The number of ether oxygens (including phenoxy) is 1. The van der Waals surface area contributed by atoms with Crippen molar-refractivity contribution in [2.24, 2.45) is 0 Å². The summed E-state index contributed by atoms with van der Waals surface area (Å²) < 4.78 is 6.85. The molecule has 2 heterocycles. The number of piperazine rings is 1. The van der Waals surface area contributed by atoms with Gasteiger partial charge in [0.2, 0.25) is 5.91 Å². The van der Waals surface area contributed by atoms with Crippen molar-refractivity contribution in [3.8, 4) is 11.4 Å². The fraction of sp³-hybridized carbons (Fsp3) is 0.348. The molecule has 2 amide bonds. The molecule has 1 aliphatic heterocycles. The highest BCUT2D eigenvalue weighted by Gasteiger charge is 2.36. The summed E-state index contributed by atoms with van der Waals surface area (Å²) in [6.07, 6.45) is 1.41. The smallest absolute Gasteiger partial charge is 0.257 e. The van der Waals surface area contributed by atoms with Crippen LogP contribution in [0, 0.1) is 0 Å². The van der Waals surface area contributed by atoms with Gasteiger partial charge in [-0.2, -0.15) is 4.68 Å². The van der Waals surface area contributed by atoms with E-state index >= 15 is 0 Å². The molecule has 0 aliphatic carbocycles. The number of hydrogen-bond donors (Lipinski definition) is 0. The Balaban J connectivity index is 1.48. The van der Waals surface area contributed by atoms with Gasteiger partial charge in [0.1, 0.15) is 12.1 Å². The van der Waals surface area contributed by atoms with Crippen molar-refractivity contribution in [1.82, 2.24) is 30.0 Å². The molecule has 1 aliphatic rings. The van der Waals surface area contributed by atoms with E-state index in [0.29, 0.717) is 48.2 Å². The fourth-order valence-electron chi connectivity index (χ4n) is 3.98. The second-order valence-electron chi connectivity index (χ2n) is 8.33. The minimum absolute atomic E-state index is 0.0484. The average molecular weight is 469 g/mol. The van der Waals surface area contributed by atoms with Crippen molar-refractivity contribution in [3.63, 3.8) is 0 Å². The molecule has 0 atom stereocenters. The fourth-order valence-corrected chi connectivity index (χ4v) is 4.23. The monoisotopic (exact) mass is 468 g/mol. The molecule has 1 fully saturated rings. The van der Waals surface area contributed by atoms with E-state index in [1.807, 2.05) is 49.1 Å². The van der Waals surface area contributed by atoms with Crippen LogP contribution in [0.2, 0.25) is 5.02 Å². The third kappa shape index (κ3) is 4.41. The normalized spacial score (nSPS) is 14.3. The molecule has 1 saturated heterocycles. The van der Waals surface area contributed by atoms with Gasteiger partial charge in [-0.15, -0.1) is 5.10 Å². The molecule has 9 nitrogen and oxygen atoms in total. The molecule has 0 unspecified atom stereocenters. The summed E-state index contributed by atoms with van der Waals surface area (Å²) in [6, 6.07) is 12.9. The second-order valence-corrected chi connectivity index (χ2v) is 8.74. The predicted molar refractivity (Wildman–Crippen MR) is 123 cm³/mol. The van der Waals surface area contributed by atoms with Gasteiger partial charge in [-0.1, -0.05) is 41.9 Å². The largest absolute Gasteiger partial charge is 0.496 e. The predicted octanol–water partition coefficient (Wildman–Crippen LogP) is 2.59. The highest BCUT2D eigenvalue weighted by atomic mass is 35.5. The van der Waals surface area contributed by atoms with Crippen molar-refractivity contribution in [1.29, 1.82) is 0 Å². The number of rotatable bonds is 5. The van der Waals surface area contributed by atoms with Crippen LogP contribution in [0.1, 0.15) is 29.8 Å². The van der Waals surface area contributed by atoms with Crippen LogP contribution in [0.3, 0.4) is 0 Å². The Morgan fingerprint density at radius 3 is 2.30 bits per heavy atom. The number of methoxy groups -OCH3 is 1. The van der Waals surface area contributed by atoms with Gasteiger partial charge in [-0.05, 0) is 35.9 Å². The summed E-state index contributed by atoms with van der Waals surface area (Å²) in [7, 11) is 1.49. The standard InChI is InChI=1S/C23H25ClN6O3/c1-23(2,16-7-5-4-6-8-16)22(32)29-11-9-28(10-12-29)21(31)17-13-18(24)19(14-20(17)33-3)30-15-25-26-27-30/h4-8,13-15H,9-12H2,1-3H3. The Kier molecular flexibility index (Phi) is 6.33. The van der Waals surface area contributed by atoms with Crippen LogP contribution < -0.4 is 4.74 Å². The molecule has 1 aromatic heterocycles. The quantitative estimate of drug-likeness (QED) is 0.571. The van der Waals surface area contributed by atoms with E-state index in [-0.39, 0.29) is 11.8 Å². The van der Waals surface area contributed by atoms with Gasteiger partial charge in [-0.25, -0.2) is 0 Å². The molecule has 33 heavy (non-hydrogen) atoms. The Bertz CT molecular complexity index is 1140. The Hall–Kier alpha value is -3.46. The van der Waals surface area contributed by atoms with Crippen LogP contribution in [0.25, 0.3) is 5.69 Å². The number of aromatic nitrogens is 4. The SMILES string of the molecule is COc1cc(-n2cnnn2)c(Cl)cc1C(=O)N1CCN(C(=O)C(C)(C)c2ccccc2)CC1. The van der Waals surface area contributed by atoms with Crippen molar-refractivity contribution >= 4 is 23.4 Å². The lowest BCUT2D eigenvalue weighted by Gasteiger charge is -2.39. The van der Waals surface area contributed by atoms with Crippen LogP contribution in [-0.4, -0.2) is 75.1 Å². The lowest BCUT2D eigenvalue weighted by molar-refractivity contribution is -0.137. The summed E-state index contributed by atoms with van der Waals surface area (Å²) in [5.41, 5.74) is 1.18. The Morgan fingerprint density at radius 1 is 1.03 bits per heavy atom. The maximum atomic E-state index is 13.3. The van der Waals surface area contributed by atoms with E-state index in [9.17, 15) is 9.59 Å². The van der Waals surface area contributed by atoms with Gasteiger partial charge in [0.15, 0.2) is 0 Å². The van der Waals surface area contributed by atoms with E-state index in [0.717, 1.165) is 5.56 Å². The topological polar surface area (TPSA) is 93.4 Å². The van der Waals surface area contributed by atoms with Crippen molar-refractivity contribution < 1.29 is 14.3 Å². The van der Waals surface area contributed by atoms with Crippen LogP contribution in [0.5, 0.6) is 5.75 Å². The van der Waals surface area contributed by atoms with Gasteiger partial charge in [0.25, 0.3) is 5.91 Å². The van der Waals surface area contributed by atoms with Crippen LogP contribution in [-0.2, 0) is 10.2 Å². The summed E-state index contributed by atoms with van der Waals surface area (Å²) in [4.78, 5) is 30.0. The number of halogens is 1. The molecule has 0 bridgehead atoms. The summed E-state index contributed by atoms with van der Waals surface area (Å²) in [5.74, 6) is 0.220. The van der Waals surface area contributed by atoms with Crippen molar-refractivity contribution in [2.75, 3.05) is 33.3 Å². The number of tetrazole rings is 1. The first-order chi connectivity index (χ1) is 15.8. The summed E-state index contributed by atoms with van der Waals surface area (Å²) >= 11 is 6.41. The summed E-state index contributed by atoms with van der Waals surface area (Å²) in [6.45, 7) is 5.62. The van der Waals surface area contributed by atoms with E-state index < -0.39 is 5.41 Å². The third-order valence-electron chi connectivity index (χ3n) is 5.98. The molecule has 2 aromatic carbocycles. The maximum absolute atomic E-state index is 13.3. The number of amides is 2. The summed E-state index contributed by atoms with van der Waals surface area (Å²) in [5, 5.41) is 11.4.